The van der Waals surface area contributed by atoms with Crippen molar-refractivity contribution in [2.75, 3.05) is 34.2 Å². The van der Waals surface area contributed by atoms with Gasteiger partial charge in [0.05, 0.1) is 0 Å². The lowest BCUT2D eigenvalue weighted by Crippen LogP contribution is -2.23. The highest BCUT2D eigenvalue weighted by atomic mass is 16.3. The van der Waals surface area contributed by atoms with Crippen LogP contribution in [0, 0.1) is 0 Å². The van der Waals surface area contributed by atoms with Gasteiger partial charge in [0.1, 0.15) is 5.75 Å². The highest BCUT2D eigenvalue weighted by Crippen LogP contribution is 2.11. The van der Waals surface area contributed by atoms with Crippen LogP contribution in [0.3, 0.4) is 0 Å². The summed E-state index contributed by atoms with van der Waals surface area (Å²) in [6.07, 6.45) is 1.18. The van der Waals surface area contributed by atoms with Crippen LogP contribution in [0.1, 0.15) is 12.0 Å². The first-order valence-corrected chi connectivity index (χ1v) is 5.69. The van der Waals surface area contributed by atoms with Crippen molar-refractivity contribution in [3.63, 3.8) is 0 Å². The summed E-state index contributed by atoms with van der Waals surface area (Å²) in [6.45, 7) is 3.16. The molecule has 1 aromatic rings. The van der Waals surface area contributed by atoms with Crippen LogP contribution >= 0.6 is 0 Å². The molecule has 1 aromatic carbocycles. The predicted molar refractivity (Wildman–Crippen MR) is 67.6 cm³/mol. The van der Waals surface area contributed by atoms with Crippen molar-refractivity contribution in [3.8, 4) is 5.75 Å². The second kappa shape index (κ2) is 6.51. The molecule has 1 rings (SSSR count). The van der Waals surface area contributed by atoms with Crippen molar-refractivity contribution in [3.05, 3.63) is 29.8 Å². The van der Waals surface area contributed by atoms with Gasteiger partial charge in [-0.1, -0.05) is 12.1 Å². The minimum atomic E-state index is 0.332. The summed E-state index contributed by atoms with van der Waals surface area (Å²) in [7, 11) is 6.32. The van der Waals surface area contributed by atoms with Gasteiger partial charge < -0.3 is 14.9 Å². The number of phenolic OH excluding ortho intramolecular Hbond substituents is 1. The number of hydrogen-bond donors (Lipinski definition) is 1. The second-order valence-electron chi connectivity index (χ2n) is 4.56. The molecule has 0 aliphatic rings. The Morgan fingerprint density at radius 1 is 1.00 bits per heavy atom. The standard InChI is InChI=1S/C13H22N2O/c1-14(2)9-4-10-15(3)11-12-5-7-13(16)8-6-12/h5-8,16H,4,9-11H2,1-3H3. The molecule has 0 radical (unpaired) electrons. The zero-order chi connectivity index (χ0) is 12.0. The topological polar surface area (TPSA) is 26.7 Å². The third-order valence-electron chi connectivity index (χ3n) is 2.53. The van der Waals surface area contributed by atoms with Crippen molar-refractivity contribution < 1.29 is 5.11 Å². The zero-order valence-electron chi connectivity index (χ0n) is 10.5. The average Bonchev–Trinajstić information content (AvgIpc) is 2.21. The maximum absolute atomic E-state index is 9.17. The van der Waals surface area contributed by atoms with Gasteiger partial charge in [0.25, 0.3) is 0 Å². The SMILES string of the molecule is CN(C)CCCN(C)Cc1ccc(O)cc1. The molecule has 0 aliphatic carbocycles. The molecule has 0 heterocycles. The van der Waals surface area contributed by atoms with E-state index in [1.807, 2.05) is 12.1 Å². The Morgan fingerprint density at radius 2 is 1.62 bits per heavy atom. The minimum Gasteiger partial charge on any atom is -0.508 e. The van der Waals surface area contributed by atoms with E-state index < -0.39 is 0 Å². The minimum absolute atomic E-state index is 0.332. The molecule has 1 N–H and O–H groups in total. The lowest BCUT2D eigenvalue weighted by molar-refractivity contribution is 0.294. The Balaban J connectivity index is 2.28. The summed E-state index contributed by atoms with van der Waals surface area (Å²) in [4.78, 5) is 4.50. The highest BCUT2D eigenvalue weighted by molar-refractivity contribution is 5.25. The van der Waals surface area contributed by atoms with Crippen LogP contribution in [0.5, 0.6) is 5.75 Å². The molecule has 0 spiro atoms. The molecule has 3 heteroatoms. The molecule has 16 heavy (non-hydrogen) atoms. The normalized spacial score (nSPS) is 11.3. The number of phenols is 1. The van der Waals surface area contributed by atoms with E-state index in [-0.39, 0.29) is 0 Å². The third-order valence-corrected chi connectivity index (χ3v) is 2.53. The number of nitrogens with zero attached hydrogens (tertiary/aromatic N) is 2. The van der Waals surface area contributed by atoms with Gasteiger partial charge in [0.15, 0.2) is 0 Å². The molecule has 3 nitrogen and oxygen atoms in total. The van der Waals surface area contributed by atoms with Gasteiger partial charge in [-0.2, -0.15) is 0 Å². The van der Waals surface area contributed by atoms with Crippen molar-refractivity contribution in [2.24, 2.45) is 0 Å². The third kappa shape index (κ3) is 5.14. The first-order chi connectivity index (χ1) is 7.58. The summed E-state index contributed by atoms with van der Waals surface area (Å²) < 4.78 is 0. The number of rotatable bonds is 6. The molecule has 0 saturated carbocycles. The summed E-state index contributed by atoms with van der Waals surface area (Å²) in [5.74, 6) is 0.332. The Labute approximate surface area is 98.3 Å². The second-order valence-corrected chi connectivity index (χ2v) is 4.56. The van der Waals surface area contributed by atoms with Crippen molar-refractivity contribution in [1.82, 2.24) is 9.80 Å². The molecule has 0 aromatic heterocycles. The van der Waals surface area contributed by atoms with Crippen LogP contribution in [0.25, 0.3) is 0 Å². The Morgan fingerprint density at radius 3 is 2.19 bits per heavy atom. The number of hydrogen-bond acceptors (Lipinski definition) is 3. The molecule has 90 valence electrons. The molecule has 0 unspecified atom stereocenters. The van der Waals surface area contributed by atoms with E-state index in [1.165, 1.54) is 12.0 Å². The van der Waals surface area contributed by atoms with E-state index >= 15 is 0 Å². The van der Waals surface area contributed by atoms with E-state index in [4.69, 9.17) is 0 Å². The Bertz CT molecular complexity index is 295. The average molecular weight is 222 g/mol. The Hall–Kier alpha value is -1.06. The van der Waals surface area contributed by atoms with E-state index in [9.17, 15) is 5.11 Å². The van der Waals surface area contributed by atoms with E-state index in [1.54, 1.807) is 12.1 Å². The molecule has 0 aliphatic heterocycles. The predicted octanol–water partition coefficient (Wildman–Crippen LogP) is 1.78. The Kier molecular flexibility index (Phi) is 5.29. The van der Waals surface area contributed by atoms with Gasteiger partial charge >= 0.3 is 0 Å². The fourth-order valence-corrected chi connectivity index (χ4v) is 1.65. The zero-order valence-corrected chi connectivity index (χ0v) is 10.5. The van der Waals surface area contributed by atoms with E-state index in [0.717, 1.165) is 19.6 Å². The van der Waals surface area contributed by atoms with Crippen LogP contribution < -0.4 is 0 Å². The van der Waals surface area contributed by atoms with Crippen molar-refractivity contribution in [1.29, 1.82) is 0 Å². The molecule has 0 fully saturated rings. The summed E-state index contributed by atoms with van der Waals surface area (Å²) in [5, 5.41) is 9.17. The van der Waals surface area contributed by atoms with Crippen LogP contribution in [0.15, 0.2) is 24.3 Å². The molecule has 0 saturated heterocycles. The molecule has 0 amide bonds. The van der Waals surface area contributed by atoms with E-state index in [0.29, 0.717) is 5.75 Å². The van der Waals surface area contributed by atoms with E-state index in [2.05, 4.69) is 30.9 Å². The summed E-state index contributed by atoms with van der Waals surface area (Å²) in [5.41, 5.74) is 1.24. The van der Waals surface area contributed by atoms with Crippen LogP contribution in [-0.2, 0) is 6.54 Å². The molecular formula is C13H22N2O. The lowest BCUT2D eigenvalue weighted by atomic mass is 10.2. The van der Waals surface area contributed by atoms with Gasteiger partial charge in [-0.25, -0.2) is 0 Å². The van der Waals surface area contributed by atoms with Gasteiger partial charge in [-0.15, -0.1) is 0 Å². The maximum atomic E-state index is 9.17. The van der Waals surface area contributed by atoms with Gasteiger partial charge in [-0.3, -0.25) is 0 Å². The monoisotopic (exact) mass is 222 g/mol. The lowest BCUT2D eigenvalue weighted by Gasteiger charge is -2.18. The first kappa shape index (κ1) is 13.0. The summed E-state index contributed by atoms with van der Waals surface area (Å²) >= 11 is 0. The fraction of sp³-hybridized carbons (Fsp3) is 0.538. The van der Waals surface area contributed by atoms with Crippen molar-refractivity contribution >= 4 is 0 Å². The highest BCUT2D eigenvalue weighted by Gasteiger charge is 2.00. The largest absolute Gasteiger partial charge is 0.508 e. The van der Waals surface area contributed by atoms with Gasteiger partial charge in [0.2, 0.25) is 0 Å². The van der Waals surface area contributed by atoms with Crippen molar-refractivity contribution in [2.45, 2.75) is 13.0 Å². The van der Waals surface area contributed by atoms with Crippen LogP contribution in [0.4, 0.5) is 0 Å². The molecule has 0 bridgehead atoms. The number of benzene rings is 1. The smallest absolute Gasteiger partial charge is 0.115 e. The van der Waals surface area contributed by atoms with Crippen LogP contribution in [0.2, 0.25) is 0 Å². The molecule has 0 atom stereocenters. The number of aromatic hydroxyl groups is 1. The van der Waals surface area contributed by atoms with Crippen LogP contribution in [-0.4, -0.2) is 49.1 Å². The molecular weight excluding hydrogens is 200 g/mol. The maximum Gasteiger partial charge on any atom is 0.115 e. The summed E-state index contributed by atoms with van der Waals surface area (Å²) in [6, 6.07) is 7.42. The van der Waals surface area contributed by atoms with Gasteiger partial charge in [0, 0.05) is 6.54 Å². The first-order valence-electron chi connectivity index (χ1n) is 5.69. The quantitative estimate of drug-likeness (QED) is 0.794. The fourth-order valence-electron chi connectivity index (χ4n) is 1.65. The van der Waals surface area contributed by atoms with Gasteiger partial charge in [-0.05, 0) is 58.3 Å².